The molecule has 0 N–H and O–H groups in total. The van der Waals surface area contributed by atoms with E-state index in [9.17, 15) is 0 Å². The summed E-state index contributed by atoms with van der Waals surface area (Å²) in [6, 6.07) is 33.8. The number of benzene rings is 2. The quantitative estimate of drug-likeness (QED) is 0.295. The molecule has 7 rings (SSSR count). The molecule has 4 heteroatoms. The minimum absolute atomic E-state index is 0.892. The fourth-order valence-corrected chi connectivity index (χ4v) is 5.04. The third kappa shape index (κ3) is 2.72. The monoisotopic (exact) mass is 436 g/mol. The zero-order valence-corrected chi connectivity index (χ0v) is 18.3. The summed E-state index contributed by atoms with van der Waals surface area (Å²) in [6.45, 7) is 0. The van der Waals surface area contributed by atoms with Crippen LogP contribution in [-0.4, -0.2) is 18.9 Å². The number of para-hydroxylation sites is 1. The van der Waals surface area contributed by atoms with Gasteiger partial charge in [-0.15, -0.1) is 0 Å². The van der Waals surface area contributed by atoms with Crippen LogP contribution in [0.2, 0.25) is 0 Å². The summed E-state index contributed by atoms with van der Waals surface area (Å²) in [6.07, 6.45) is 7.72. The van der Waals surface area contributed by atoms with E-state index in [2.05, 4.69) is 105 Å². The molecule has 5 aromatic heterocycles. The molecule has 4 nitrogen and oxygen atoms in total. The molecule has 0 saturated carbocycles. The maximum atomic E-state index is 4.83. The van der Waals surface area contributed by atoms with E-state index in [1.807, 2.05) is 24.5 Å². The third-order valence-electron chi connectivity index (χ3n) is 6.47. The van der Waals surface area contributed by atoms with Crippen molar-refractivity contribution < 1.29 is 0 Å². The largest absolute Gasteiger partial charge is 0.314 e. The number of aromatic nitrogens is 4. The van der Waals surface area contributed by atoms with Crippen LogP contribution in [0, 0.1) is 0 Å². The van der Waals surface area contributed by atoms with Crippen LogP contribution < -0.4 is 0 Å². The van der Waals surface area contributed by atoms with Gasteiger partial charge in [0.05, 0.1) is 22.2 Å². The van der Waals surface area contributed by atoms with E-state index in [1.165, 1.54) is 22.0 Å². The van der Waals surface area contributed by atoms with E-state index < -0.39 is 0 Å². The standard InChI is InChI=1S/C30H20N4/c1-2-9-21(10-3-1)29-28-24-12-4-5-13-25(24)34(30(28)26-14-6-7-18-33(26)29)27-19-22(15-17-32-27)23-11-8-16-31-20-23/h1-20H. The molecule has 0 spiro atoms. The molecule has 0 aliphatic rings. The van der Waals surface area contributed by atoms with E-state index in [4.69, 9.17) is 4.98 Å². The minimum atomic E-state index is 0.892. The van der Waals surface area contributed by atoms with Crippen molar-refractivity contribution in [1.82, 2.24) is 18.9 Å². The zero-order valence-electron chi connectivity index (χ0n) is 18.3. The molecule has 5 heterocycles. The smallest absolute Gasteiger partial charge is 0.138 e. The Hall–Kier alpha value is -4.70. The maximum absolute atomic E-state index is 4.83. The first-order valence-corrected chi connectivity index (χ1v) is 11.3. The number of nitrogens with zero attached hydrogens (tertiary/aromatic N) is 4. The van der Waals surface area contributed by atoms with Crippen molar-refractivity contribution in [2.45, 2.75) is 0 Å². The Balaban J connectivity index is 1.63. The topological polar surface area (TPSA) is 35.1 Å². The summed E-state index contributed by atoms with van der Waals surface area (Å²) in [7, 11) is 0. The maximum Gasteiger partial charge on any atom is 0.138 e. The summed E-state index contributed by atoms with van der Waals surface area (Å²) in [5.74, 6) is 0.892. The molecule has 2 aromatic carbocycles. The second kappa shape index (κ2) is 7.42. The first-order valence-electron chi connectivity index (χ1n) is 11.3. The second-order valence-electron chi connectivity index (χ2n) is 8.39. The van der Waals surface area contributed by atoms with Crippen molar-refractivity contribution in [2.24, 2.45) is 0 Å². The lowest BCUT2D eigenvalue weighted by molar-refractivity contribution is 1.08. The molecule has 160 valence electrons. The van der Waals surface area contributed by atoms with Gasteiger partial charge in [-0.05, 0) is 47.5 Å². The molecular formula is C30H20N4. The number of hydrogen-bond donors (Lipinski definition) is 0. The highest BCUT2D eigenvalue weighted by Gasteiger charge is 2.22. The van der Waals surface area contributed by atoms with Crippen LogP contribution >= 0.6 is 0 Å². The van der Waals surface area contributed by atoms with E-state index in [1.54, 1.807) is 6.20 Å². The van der Waals surface area contributed by atoms with Gasteiger partial charge in [-0.1, -0.05) is 60.7 Å². The Labute approximate surface area is 196 Å². The predicted molar refractivity (Wildman–Crippen MR) is 138 cm³/mol. The highest BCUT2D eigenvalue weighted by atomic mass is 15.1. The fourth-order valence-electron chi connectivity index (χ4n) is 5.04. The minimum Gasteiger partial charge on any atom is -0.314 e. The van der Waals surface area contributed by atoms with Gasteiger partial charge in [0, 0.05) is 41.1 Å². The van der Waals surface area contributed by atoms with Gasteiger partial charge in [0.1, 0.15) is 5.82 Å². The zero-order chi connectivity index (χ0) is 22.5. The number of fused-ring (bicyclic) bond motifs is 5. The average Bonchev–Trinajstić information content (AvgIpc) is 3.43. The molecule has 0 bridgehead atoms. The average molecular weight is 437 g/mol. The Bertz CT molecular complexity index is 1790. The van der Waals surface area contributed by atoms with Gasteiger partial charge < -0.3 is 4.40 Å². The molecule has 0 fully saturated rings. The van der Waals surface area contributed by atoms with Crippen molar-refractivity contribution in [3.63, 3.8) is 0 Å². The Kier molecular flexibility index (Phi) is 4.11. The van der Waals surface area contributed by atoms with Gasteiger partial charge >= 0.3 is 0 Å². The summed E-state index contributed by atoms with van der Waals surface area (Å²) in [5, 5.41) is 2.45. The van der Waals surface area contributed by atoms with Crippen molar-refractivity contribution in [3.8, 4) is 28.2 Å². The summed E-state index contributed by atoms with van der Waals surface area (Å²) in [5.41, 5.74) is 8.02. The van der Waals surface area contributed by atoms with Crippen LogP contribution in [0.1, 0.15) is 0 Å². The van der Waals surface area contributed by atoms with E-state index in [0.717, 1.165) is 33.5 Å². The first kappa shape index (κ1) is 18.8. The molecular weight excluding hydrogens is 416 g/mol. The summed E-state index contributed by atoms with van der Waals surface area (Å²) >= 11 is 0. The van der Waals surface area contributed by atoms with E-state index in [0.29, 0.717) is 0 Å². The SMILES string of the molecule is c1ccc(-c2c3c4ccccc4n(-c4cc(-c5cccnc5)ccn4)c3c3ccccn23)cc1. The van der Waals surface area contributed by atoms with Gasteiger partial charge in [-0.25, -0.2) is 4.98 Å². The molecule has 0 aliphatic heterocycles. The van der Waals surface area contributed by atoms with Gasteiger partial charge in [-0.3, -0.25) is 9.55 Å². The predicted octanol–water partition coefficient (Wildman–Crippen LogP) is 7.16. The highest BCUT2D eigenvalue weighted by Crippen LogP contribution is 2.42. The third-order valence-corrected chi connectivity index (χ3v) is 6.47. The Morgan fingerprint density at radius 1 is 0.618 bits per heavy atom. The van der Waals surface area contributed by atoms with Gasteiger partial charge in [-0.2, -0.15) is 0 Å². The van der Waals surface area contributed by atoms with Crippen LogP contribution in [0.4, 0.5) is 0 Å². The van der Waals surface area contributed by atoms with Crippen molar-refractivity contribution in [1.29, 1.82) is 0 Å². The normalized spacial score (nSPS) is 11.5. The molecule has 0 radical (unpaired) electrons. The van der Waals surface area contributed by atoms with Gasteiger partial charge in [0.25, 0.3) is 0 Å². The van der Waals surface area contributed by atoms with Gasteiger partial charge in [0.15, 0.2) is 0 Å². The lowest BCUT2D eigenvalue weighted by Gasteiger charge is -2.09. The molecule has 0 saturated heterocycles. The fraction of sp³-hybridized carbons (Fsp3) is 0. The highest BCUT2D eigenvalue weighted by molar-refractivity contribution is 6.20. The van der Waals surface area contributed by atoms with Crippen LogP contribution in [0.3, 0.4) is 0 Å². The molecule has 0 atom stereocenters. The van der Waals surface area contributed by atoms with Crippen molar-refractivity contribution in [3.05, 3.63) is 122 Å². The van der Waals surface area contributed by atoms with Gasteiger partial charge in [0.2, 0.25) is 0 Å². The molecule has 0 amide bonds. The molecule has 0 aliphatic carbocycles. The van der Waals surface area contributed by atoms with E-state index >= 15 is 0 Å². The van der Waals surface area contributed by atoms with Crippen molar-refractivity contribution >= 4 is 27.3 Å². The lowest BCUT2D eigenvalue weighted by atomic mass is 10.1. The Morgan fingerprint density at radius 2 is 1.41 bits per heavy atom. The van der Waals surface area contributed by atoms with Crippen LogP contribution in [0.15, 0.2) is 122 Å². The summed E-state index contributed by atoms with van der Waals surface area (Å²) < 4.78 is 4.60. The summed E-state index contributed by atoms with van der Waals surface area (Å²) in [4.78, 5) is 9.13. The number of pyridine rings is 3. The molecule has 0 unspecified atom stereocenters. The van der Waals surface area contributed by atoms with Crippen LogP contribution in [-0.2, 0) is 0 Å². The molecule has 34 heavy (non-hydrogen) atoms. The first-order chi connectivity index (χ1) is 16.9. The van der Waals surface area contributed by atoms with Crippen molar-refractivity contribution in [2.75, 3.05) is 0 Å². The Morgan fingerprint density at radius 3 is 2.29 bits per heavy atom. The second-order valence-corrected chi connectivity index (χ2v) is 8.39. The lowest BCUT2D eigenvalue weighted by Crippen LogP contribution is -1.98. The molecule has 7 aromatic rings. The number of hydrogen-bond acceptors (Lipinski definition) is 2. The van der Waals surface area contributed by atoms with Crippen LogP contribution in [0.5, 0.6) is 0 Å². The van der Waals surface area contributed by atoms with E-state index in [-0.39, 0.29) is 0 Å². The van der Waals surface area contributed by atoms with Crippen LogP contribution in [0.25, 0.3) is 55.5 Å². The number of rotatable bonds is 3.